The fraction of sp³-hybridized carbons (Fsp3) is 0.333. The molecule has 0 saturated carbocycles. The summed E-state index contributed by atoms with van der Waals surface area (Å²) in [6.45, 7) is 0.645. The second kappa shape index (κ2) is 7.17. The van der Waals surface area contributed by atoms with Crippen LogP contribution in [0.15, 0.2) is 42.5 Å². The van der Waals surface area contributed by atoms with Crippen molar-refractivity contribution in [1.29, 1.82) is 0 Å². The number of piperidine rings is 1. The van der Waals surface area contributed by atoms with Crippen molar-refractivity contribution in [3.63, 3.8) is 0 Å². The minimum atomic E-state index is -4.40. The summed E-state index contributed by atoms with van der Waals surface area (Å²) in [6, 6.07) is 9.76. The van der Waals surface area contributed by atoms with Crippen molar-refractivity contribution in [3.8, 4) is 0 Å². The third-order valence-electron chi connectivity index (χ3n) is 5.50. The Kier molecular flexibility index (Phi) is 4.80. The van der Waals surface area contributed by atoms with Crippen LogP contribution >= 0.6 is 0 Å². The van der Waals surface area contributed by atoms with Gasteiger partial charge in [0.15, 0.2) is 5.69 Å². The van der Waals surface area contributed by atoms with Crippen LogP contribution in [0.4, 0.5) is 17.6 Å². The second-order valence-corrected chi connectivity index (χ2v) is 7.29. The van der Waals surface area contributed by atoms with Gasteiger partial charge in [-0.25, -0.2) is 4.39 Å². The molecule has 1 aliphatic heterocycles. The molecule has 0 atom stereocenters. The van der Waals surface area contributed by atoms with Gasteiger partial charge in [-0.05, 0) is 48.6 Å². The van der Waals surface area contributed by atoms with Crippen LogP contribution < -0.4 is 0 Å². The number of hydrogen-bond acceptors (Lipinski definition) is 2. The first kappa shape index (κ1) is 19.4. The highest BCUT2D eigenvalue weighted by molar-refractivity contribution is 6.04. The van der Waals surface area contributed by atoms with E-state index in [1.54, 1.807) is 24.1 Å². The average molecular weight is 405 g/mol. The molecule has 1 amide bonds. The van der Waals surface area contributed by atoms with Gasteiger partial charge >= 0.3 is 6.18 Å². The predicted molar refractivity (Wildman–Crippen MR) is 100.0 cm³/mol. The quantitative estimate of drug-likeness (QED) is 0.577. The highest BCUT2D eigenvalue weighted by Gasteiger charge is 2.36. The van der Waals surface area contributed by atoms with E-state index in [4.69, 9.17) is 0 Å². The van der Waals surface area contributed by atoms with E-state index >= 15 is 0 Å². The molecule has 2 heterocycles. The number of likely N-dealkylation sites (tertiary alicyclic amines) is 1. The molecule has 4 nitrogen and oxygen atoms in total. The van der Waals surface area contributed by atoms with Crippen molar-refractivity contribution in [2.45, 2.75) is 24.9 Å². The minimum absolute atomic E-state index is 0.163. The highest BCUT2D eigenvalue weighted by atomic mass is 19.4. The van der Waals surface area contributed by atoms with Crippen LogP contribution in [0.2, 0.25) is 0 Å². The lowest BCUT2D eigenvalue weighted by atomic mass is 9.86. The lowest BCUT2D eigenvalue weighted by molar-refractivity contribution is -0.138. The van der Waals surface area contributed by atoms with Crippen molar-refractivity contribution < 1.29 is 22.4 Å². The molecule has 8 heteroatoms. The number of fused-ring (bicyclic) bond motifs is 1. The van der Waals surface area contributed by atoms with Crippen LogP contribution in [0.1, 0.15) is 40.4 Å². The molecule has 2 aromatic carbocycles. The standard InChI is InChI=1S/C21H19F4N3O/c1-27-18-7-6-14(22)12-16(18)19(26-27)20(29)28-10-8-13(9-11-28)15-4-2-3-5-17(15)21(23,24)25/h2-7,12-13H,8-11H2,1H3. The van der Waals surface area contributed by atoms with Crippen molar-refractivity contribution in [3.05, 3.63) is 65.1 Å². The number of aromatic nitrogens is 2. The highest BCUT2D eigenvalue weighted by Crippen LogP contribution is 2.38. The number of halogens is 4. The molecule has 152 valence electrons. The zero-order valence-corrected chi connectivity index (χ0v) is 15.7. The lowest BCUT2D eigenvalue weighted by Crippen LogP contribution is -2.38. The first-order valence-corrected chi connectivity index (χ1v) is 9.33. The number of aryl methyl sites for hydroxylation is 1. The zero-order chi connectivity index (χ0) is 20.8. The van der Waals surface area contributed by atoms with E-state index in [1.165, 1.54) is 28.9 Å². The third kappa shape index (κ3) is 3.59. The summed E-state index contributed by atoms with van der Waals surface area (Å²) in [6.07, 6.45) is -3.55. The van der Waals surface area contributed by atoms with Gasteiger partial charge in [-0.3, -0.25) is 9.48 Å². The maximum absolute atomic E-state index is 13.7. The Labute approximate surface area is 164 Å². The van der Waals surface area contributed by atoms with Crippen LogP contribution in [0.3, 0.4) is 0 Å². The summed E-state index contributed by atoms with van der Waals surface area (Å²) in [5, 5.41) is 4.67. The van der Waals surface area contributed by atoms with Gasteiger partial charge in [0.05, 0.1) is 11.1 Å². The monoisotopic (exact) mass is 405 g/mol. The molecule has 0 radical (unpaired) electrons. The predicted octanol–water partition coefficient (Wildman–Crippen LogP) is 4.75. The van der Waals surface area contributed by atoms with Crippen molar-refractivity contribution >= 4 is 16.8 Å². The second-order valence-electron chi connectivity index (χ2n) is 7.29. The van der Waals surface area contributed by atoms with E-state index in [1.807, 2.05) is 0 Å². The van der Waals surface area contributed by atoms with E-state index in [-0.39, 0.29) is 23.1 Å². The number of carbonyl (C=O) groups excluding carboxylic acids is 1. The van der Waals surface area contributed by atoms with Gasteiger partial charge in [0.25, 0.3) is 5.91 Å². The molecule has 1 aliphatic rings. The number of nitrogens with zero attached hydrogens (tertiary/aromatic N) is 3. The molecule has 4 rings (SSSR count). The van der Waals surface area contributed by atoms with E-state index in [9.17, 15) is 22.4 Å². The maximum Gasteiger partial charge on any atom is 0.416 e. The summed E-state index contributed by atoms with van der Waals surface area (Å²) in [5.41, 5.74) is 0.466. The molecule has 0 unspecified atom stereocenters. The van der Waals surface area contributed by atoms with E-state index in [2.05, 4.69) is 5.10 Å². The molecule has 1 aromatic heterocycles. The number of benzene rings is 2. The SMILES string of the molecule is Cn1nc(C(=O)N2CCC(c3ccccc3C(F)(F)F)CC2)c2cc(F)ccc21. The Bertz CT molecular complexity index is 1070. The number of amides is 1. The normalized spacial score (nSPS) is 15.8. The Hall–Kier alpha value is -2.90. The smallest absolute Gasteiger partial charge is 0.337 e. The van der Waals surface area contributed by atoms with Crippen LogP contribution in [0.25, 0.3) is 10.9 Å². The summed E-state index contributed by atoms with van der Waals surface area (Å²) >= 11 is 0. The Balaban J connectivity index is 1.54. The third-order valence-corrected chi connectivity index (χ3v) is 5.50. The fourth-order valence-corrected chi connectivity index (χ4v) is 4.05. The van der Waals surface area contributed by atoms with Crippen LogP contribution in [-0.2, 0) is 13.2 Å². The number of rotatable bonds is 2. The minimum Gasteiger partial charge on any atom is -0.337 e. The molecular formula is C21H19F4N3O. The Morgan fingerprint density at radius 2 is 1.79 bits per heavy atom. The number of carbonyl (C=O) groups is 1. The van der Waals surface area contributed by atoms with E-state index in [0.29, 0.717) is 36.8 Å². The average Bonchev–Trinajstić information content (AvgIpc) is 3.02. The van der Waals surface area contributed by atoms with E-state index in [0.717, 1.165) is 6.07 Å². The van der Waals surface area contributed by atoms with E-state index < -0.39 is 17.6 Å². The molecule has 0 N–H and O–H groups in total. The van der Waals surface area contributed by atoms with Gasteiger partial charge in [0.1, 0.15) is 5.82 Å². The summed E-state index contributed by atoms with van der Waals surface area (Å²) in [4.78, 5) is 14.5. The van der Waals surface area contributed by atoms with Gasteiger partial charge in [0.2, 0.25) is 0 Å². The van der Waals surface area contributed by atoms with Crippen molar-refractivity contribution in [1.82, 2.24) is 14.7 Å². The fourth-order valence-electron chi connectivity index (χ4n) is 4.05. The van der Waals surface area contributed by atoms with Crippen LogP contribution in [0, 0.1) is 5.82 Å². The first-order valence-electron chi connectivity index (χ1n) is 9.33. The van der Waals surface area contributed by atoms with Crippen molar-refractivity contribution in [2.24, 2.45) is 7.05 Å². The van der Waals surface area contributed by atoms with Gasteiger partial charge < -0.3 is 4.90 Å². The van der Waals surface area contributed by atoms with Crippen LogP contribution in [0.5, 0.6) is 0 Å². The molecule has 1 fully saturated rings. The Morgan fingerprint density at radius 1 is 1.10 bits per heavy atom. The maximum atomic E-state index is 13.7. The molecule has 0 aliphatic carbocycles. The number of hydrogen-bond donors (Lipinski definition) is 0. The molecule has 3 aromatic rings. The first-order chi connectivity index (χ1) is 13.8. The van der Waals surface area contributed by atoms with Gasteiger partial charge in [-0.2, -0.15) is 18.3 Å². The molecule has 0 spiro atoms. The molecule has 1 saturated heterocycles. The largest absolute Gasteiger partial charge is 0.416 e. The molecule has 29 heavy (non-hydrogen) atoms. The van der Waals surface area contributed by atoms with Gasteiger partial charge in [0, 0.05) is 25.5 Å². The zero-order valence-electron chi connectivity index (χ0n) is 15.7. The lowest BCUT2D eigenvalue weighted by Gasteiger charge is -2.33. The van der Waals surface area contributed by atoms with Gasteiger partial charge in [-0.15, -0.1) is 0 Å². The topological polar surface area (TPSA) is 38.1 Å². The van der Waals surface area contributed by atoms with Gasteiger partial charge in [-0.1, -0.05) is 18.2 Å². The Morgan fingerprint density at radius 3 is 2.48 bits per heavy atom. The van der Waals surface area contributed by atoms with Crippen molar-refractivity contribution in [2.75, 3.05) is 13.1 Å². The number of alkyl halides is 3. The summed E-state index contributed by atoms with van der Waals surface area (Å²) in [5.74, 6) is -1.06. The molecule has 0 bridgehead atoms. The summed E-state index contributed by atoms with van der Waals surface area (Å²) < 4.78 is 55.1. The van der Waals surface area contributed by atoms with Crippen LogP contribution in [-0.4, -0.2) is 33.7 Å². The molecular weight excluding hydrogens is 386 g/mol. The summed E-state index contributed by atoms with van der Waals surface area (Å²) in [7, 11) is 1.68.